The molecule has 2 aromatic rings. The molecule has 0 fully saturated rings. The molecule has 0 aliphatic heterocycles. The van der Waals surface area contributed by atoms with Crippen molar-refractivity contribution in [2.24, 2.45) is 0 Å². The molecule has 0 spiro atoms. The topological polar surface area (TPSA) is 32.3 Å². The van der Waals surface area contributed by atoms with Crippen LogP contribution in [0, 0.1) is 5.82 Å². The van der Waals surface area contributed by atoms with E-state index in [-0.39, 0.29) is 18.3 Å². The second-order valence-corrected chi connectivity index (χ2v) is 4.71. The SMILES string of the molecule is CN(CC(=O)Nc1ccccc1)Cc1ccc(F)cc1. The van der Waals surface area contributed by atoms with Gasteiger partial charge >= 0.3 is 0 Å². The van der Waals surface area contributed by atoms with Gasteiger partial charge in [-0.1, -0.05) is 30.3 Å². The Labute approximate surface area is 118 Å². The minimum absolute atomic E-state index is 0.0687. The van der Waals surface area contributed by atoms with Crippen molar-refractivity contribution in [2.45, 2.75) is 6.54 Å². The zero-order valence-corrected chi connectivity index (χ0v) is 11.3. The predicted molar refractivity (Wildman–Crippen MR) is 77.8 cm³/mol. The van der Waals surface area contributed by atoms with Crippen molar-refractivity contribution in [3.8, 4) is 0 Å². The van der Waals surface area contributed by atoms with Crippen molar-refractivity contribution in [3.05, 3.63) is 66.0 Å². The van der Waals surface area contributed by atoms with Crippen molar-refractivity contribution in [1.82, 2.24) is 4.90 Å². The number of hydrogen-bond donors (Lipinski definition) is 1. The van der Waals surface area contributed by atoms with Gasteiger partial charge in [-0.15, -0.1) is 0 Å². The van der Waals surface area contributed by atoms with Crippen LogP contribution in [0.5, 0.6) is 0 Å². The Morgan fingerprint density at radius 3 is 2.40 bits per heavy atom. The Bertz CT molecular complexity index is 554. The molecule has 0 unspecified atom stereocenters. The number of carbonyl (C=O) groups excluding carboxylic acids is 1. The fourth-order valence-corrected chi connectivity index (χ4v) is 1.92. The summed E-state index contributed by atoms with van der Waals surface area (Å²) in [6.45, 7) is 0.884. The molecule has 4 heteroatoms. The summed E-state index contributed by atoms with van der Waals surface area (Å²) in [5.74, 6) is -0.320. The molecule has 0 radical (unpaired) electrons. The maximum absolute atomic E-state index is 12.8. The van der Waals surface area contributed by atoms with Crippen LogP contribution in [0.4, 0.5) is 10.1 Å². The lowest BCUT2D eigenvalue weighted by molar-refractivity contribution is -0.117. The van der Waals surface area contributed by atoms with Crippen LogP contribution in [-0.4, -0.2) is 24.4 Å². The van der Waals surface area contributed by atoms with Crippen molar-refractivity contribution in [1.29, 1.82) is 0 Å². The van der Waals surface area contributed by atoms with Crippen molar-refractivity contribution >= 4 is 11.6 Å². The Morgan fingerprint density at radius 1 is 1.10 bits per heavy atom. The third kappa shape index (κ3) is 4.48. The first-order valence-corrected chi connectivity index (χ1v) is 6.41. The molecule has 0 aromatic heterocycles. The van der Waals surface area contributed by atoms with Crippen LogP contribution < -0.4 is 5.32 Å². The van der Waals surface area contributed by atoms with E-state index >= 15 is 0 Å². The first-order chi connectivity index (χ1) is 9.63. The largest absolute Gasteiger partial charge is 0.325 e. The first-order valence-electron chi connectivity index (χ1n) is 6.41. The second-order valence-electron chi connectivity index (χ2n) is 4.71. The molecule has 0 saturated heterocycles. The summed E-state index contributed by atoms with van der Waals surface area (Å²) in [7, 11) is 1.86. The van der Waals surface area contributed by atoms with Crippen LogP contribution in [0.15, 0.2) is 54.6 Å². The lowest BCUT2D eigenvalue weighted by Crippen LogP contribution is -2.29. The molecule has 2 rings (SSSR count). The Morgan fingerprint density at radius 2 is 1.75 bits per heavy atom. The monoisotopic (exact) mass is 272 g/mol. The number of likely N-dealkylation sites (N-methyl/N-ethyl adjacent to an activating group) is 1. The average Bonchev–Trinajstić information content (AvgIpc) is 2.42. The molecule has 2 aromatic carbocycles. The Hall–Kier alpha value is -2.20. The van der Waals surface area contributed by atoms with E-state index in [1.54, 1.807) is 12.1 Å². The number of amides is 1. The molecule has 104 valence electrons. The minimum Gasteiger partial charge on any atom is -0.325 e. The molecule has 0 aliphatic carbocycles. The lowest BCUT2D eigenvalue weighted by Gasteiger charge is -2.16. The van der Waals surface area contributed by atoms with E-state index in [0.29, 0.717) is 6.54 Å². The molecule has 20 heavy (non-hydrogen) atoms. The summed E-state index contributed by atoms with van der Waals surface area (Å²) >= 11 is 0. The number of benzene rings is 2. The number of hydrogen-bond acceptors (Lipinski definition) is 2. The van der Waals surface area contributed by atoms with Gasteiger partial charge in [0.25, 0.3) is 0 Å². The summed E-state index contributed by atoms with van der Waals surface area (Å²) in [6.07, 6.45) is 0. The van der Waals surface area contributed by atoms with Crippen LogP contribution in [0.2, 0.25) is 0 Å². The smallest absolute Gasteiger partial charge is 0.238 e. The van der Waals surface area contributed by atoms with E-state index in [1.807, 2.05) is 42.3 Å². The molecular weight excluding hydrogens is 255 g/mol. The number of halogens is 1. The van der Waals surface area contributed by atoms with Gasteiger partial charge in [0, 0.05) is 12.2 Å². The van der Waals surface area contributed by atoms with Crippen molar-refractivity contribution in [2.75, 3.05) is 18.9 Å². The van der Waals surface area contributed by atoms with Gasteiger partial charge in [0.2, 0.25) is 5.91 Å². The number of rotatable bonds is 5. The average molecular weight is 272 g/mol. The highest BCUT2D eigenvalue weighted by Gasteiger charge is 2.07. The van der Waals surface area contributed by atoms with Gasteiger partial charge in [-0.25, -0.2) is 4.39 Å². The van der Waals surface area contributed by atoms with Gasteiger partial charge in [0.1, 0.15) is 5.82 Å². The van der Waals surface area contributed by atoms with Crippen LogP contribution >= 0.6 is 0 Å². The van der Waals surface area contributed by atoms with Gasteiger partial charge in [0.05, 0.1) is 6.54 Å². The summed E-state index contributed by atoms with van der Waals surface area (Å²) in [6, 6.07) is 15.6. The molecule has 0 bridgehead atoms. The number of nitrogens with one attached hydrogen (secondary N) is 1. The summed E-state index contributed by atoms with van der Waals surface area (Å²) in [4.78, 5) is 13.7. The van der Waals surface area contributed by atoms with E-state index in [9.17, 15) is 9.18 Å². The predicted octanol–water partition coefficient (Wildman–Crippen LogP) is 2.90. The van der Waals surface area contributed by atoms with Crippen LogP contribution in [-0.2, 0) is 11.3 Å². The molecule has 0 aliphatic rings. The van der Waals surface area contributed by atoms with Gasteiger partial charge in [-0.3, -0.25) is 9.69 Å². The normalized spacial score (nSPS) is 10.6. The van der Waals surface area contributed by atoms with E-state index in [1.165, 1.54) is 12.1 Å². The first kappa shape index (κ1) is 14.2. The third-order valence-corrected chi connectivity index (χ3v) is 2.84. The van der Waals surface area contributed by atoms with Gasteiger partial charge in [-0.05, 0) is 36.9 Å². The minimum atomic E-state index is -0.252. The Balaban J connectivity index is 1.83. The maximum Gasteiger partial charge on any atom is 0.238 e. The summed E-state index contributed by atoms with van der Waals surface area (Å²) in [5, 5.41) is 2.83. The van der Waals surface area contributed by atoms with Gasteiger partial charge in [-0.2, -0.15) is 0 Å². The van der Waals surface area contributed by atoms with Crippen LogP contribution in [0.3, 0.4) is 0 Å². The fraction of sp³-hybridized carbons (Fsp3) is 0.188. The van der Waals surface area contributed by atoms with Crippen LogP contribution in [0.1, 0.15) is 5.56 Å². The highest BCUT2D eigenvalue weighted by molar-refractivity contribution is 5.92. The summed E-state index contributed by atoms with van der Waals surface area (Å²) < 4.78 is 12.8. The van der Waals surface area contributed by atoms with Crippen molar-refractivity contribution in [3.63, 3.8) is 0 Å². The fourth-order valence-electron chi connectivity index (χ4n) is 1.92. The van der Waals surface area contributed by atoms with Crippen molar-refractivity contribution < 1.29 is 9.18 Å². The van der Waals surface area contributed by atoms with E-state index < -0.39 is 0 Å². The van der Waals surface area contributed by atoms with E-state index in [4.69, 9.17) is 0 Å². The molecule has 0 saturated carbocycles. The molecule has 1 amide bonds. The quantitative estimate of drug-likeness (QED) is 0.907. The lowest BCUT2D eigenvalue weighted by atomic mass is 10.2. The zero-order valence-electron chi connectivity index (χ0n) is 11.3. The number of para-hydroxylation sites is 1. The standard InChI is InChI=1S/C16H17FN2O/c1-19(11-13-7-9-14(17)10-8-13)12-16(20)18-15-5-3-2-4-6-15/h2-10H,11-12H2,1H3,(H,18,20). The Kier molecular flexibility index (Phi) is 4.85. The van der Waals surface area contributed by atoms with E-state index in [0.717, 1.165) is 11.3 Å². The molecule has 1 N–H and O–H groups in total. The third-order valence-electron chi connectivity index (χ3n) is 2.84. The molecule has 0 atom stereocenters. The number of nitrogens with zero attached hydrogens (tertiary/aromatic N) is 1. The molecular formula is C16H17FN2O. The van der Waals surface area contributed by atoms with Crippen LogP contribution in [0.25, 0.3) is 0 Å². The number of carbonyl (C=O) groups is 1. The maximum atomic E-state index is 12.8. The molecule has 0 heterocycles. The highest BCUT2D eigenvalue weighted by Crippen LogP contribution is 2.07. The number of anilines is 1. The zero-order chi connectivity index (χ0) is 14.4. The van der Waals surface area contributed by atoms with E-state index in [2.05, 4.69) is 5.32 Å². The summed E-state index contributed by atoms with van der Waals surface area (Å²) in [5.41, 5.74) is 1.76. The molecule has 3 nitrogen and oxygen atoms in total. The van der Waals surface area contributed by atoms with Gasteiger partial charge < -0.3 is 5.32 Å². The second kappa shape index (κ2) is 6.82. The highest BCUT2D eigenvalue weighted by atomic mass is 19.1. The van der Waals surface area contributed by atoms with Gasteiger partial charge in [0.15, 0.2) is 0 Å².